The summed E-state index contributed by atoms with van der Waals surface area (Å²) in [7, 11) is 2.69. The molecule has 1 N–H and O–H groups in total. The molecule has 0 saturated carbocycles. The van der Waals surface area contributed by atoms with Gasteiger partial charge in [0.25, 0.3) is 5.91 Å². The van der Waals surface area contributed by atoms with Crippen LogP contribution in [-0.4, -0.2) is 50.2 Å². The molecule has 1 aromatic carbocycles. The van der Waals surface area contributed by atoms with Gasteiger partial charge in [0.2, 0.25) is 0 Å². The van der Waals surface area contributed by atoms with E-state index in [2.05, 4.69) is 10.1 Å². The van der Waals surface area contributed by atoms with Gasteiger partial charge in [-0.05, 0) is 30.7 Å². The molecule has 3 amide bonds. The highest BCUT2D eigenvalue weighted by Crippen LogP contribution is 2.29. The summed E-state index contributed by atoms with van der Waals surface area (Å²) in [5.41, 5.74) is 0.703. The highest BCUT2D eigenvalue weighted by Gasteiger charge is 2.35. The maximum atomic E-state index is 12.2. The lowest BCUT2D eigenvalue weighted by Gasteiger charge is -2.10. The molecule has 1 fully saturated rings. The number of hydrogen-bond acceptors (Lipinski definition) is 6. The van der Waals surface area contributed by atoms with Crippen LogP contribution in [-0.2, 0) is 14.3 Å². The van der Waals surface area contributed by atoms with Gasteiger partial charge in [0, 0.05) is 0 Å². The number of imide groups is 1. The first-order valence-electron chi connectivity index (χ1n) is 7.22. The number of benzene rings is 1. The SMILES string of the molecule is CCOc1ccc(/C=C2/NC(=O)N(CC(=O)OC)C2=O)cc1OC. The monoisotopic (exact) mass is 334 g/mol. The predicted octanol–water partition coefficient (Wildman–Crippen LogP) is 1.16. The summed E-state index contributed by atoms with van der Waals surface area (Å²) in [6.07, 6.45) is 1.50. The second-order valence-corrected chi connectivity index (χ2v) is 4.80. The third-order valence-corrected chi connectivity index (χ3v) is 3.28. The van der Waals surface area contributed by atoms with Gasteiger partial charge < -0.3 is 19.5 Å². The Hall–Kier alpha value is -3.03. The van der Waals surface area contributed by atoms with E-state index in [9.17, 15) is 14.4 Å². The quantitative estimate of drug-likeness (QED) is 0.477. The second-order valence-electron chi connectivity index (χ2n) is 4.80. The molecule has 128 valence electrons. The van der Waals surface area contributed by atoms with Crippen LogP contribution < -0.4 is 14.8 Å². The fourth-order valence-electron chi connectivity index (χ4n) is 2.12. The summed E-state index contributed by atoms with van der Waals surface area (Å²) in [4.78, 5) is 36.0. The number of methoxy groups -OCH3 is 2. The summed E-state index contributed by atoms with van der Waals surface area (Å²) >= 11 is 0. The standard InChI is InChI=1S/C16H18N2O6/c1-4-24-12-6-5-10(8-13(12)22-2)7-11-15(20)18(16(21)17-11)9-14(19)23-3/h5-8H,4,9H2,1-3H3,(H,17,21)/b11-7+. The van der Waals surface area contributed by atoms with Crippen LogP contribution in [0.3, 0.4) is 0 Å². The number of esters is 1. The van der Waals surface area contributed by atoms with Crippen molar-refractivity contribution in [2.45, 2.75) is 6.92 Å². The Morgan fingerprint density at radius 3 is 2.62 bits per heavy atom. The zero-order valence-electron chi connectivity index (χ0n) is 13.6. The van der Waals surface area contributed by atoms with E-state index in [0.717, 1.165) is 4.90 Å². The molecular weight excluding hydrogens is 316 g/mol. The molecule has 0 radical (unpaired) electrons. The Morgan fingerprint density at radius 1 is 1.25 bits per heavy atom. The fraction of sp³-hybridized carbons (Fsp3) is 0.312. The molecule has 1 aliphatic rings. The van der Waals surface area contributed by atoms with Crippen LogP contribution in [0.2, 0.25) is 0 Å². The average molecular weight is 334 g/mol. The Labute approximate surface area is 139 Å². The van der Waals surface area contributed by atoms with Gasteiger partial charge in [0.05, 0.1) is 20.8 Å². The lowest BCUT2D eigenvalue weighted by Crippen LogP contribution is -2.36. The van der Waals surface area contributed by atoms with Gasteiger partial charge in [0.1, 0.15) is 12.2 Å². The molecule has 8 nitrogen and oxygen atoms in total. The zero-order chi connectivity index (χ0) is 17.7. The van der Waals surface area contributed by atoms with E-state index < -0.39 is 24.5 Å². The first-order chi connectivity index (χ1) is 11.5. The van der Waals surface area contributed by atoms with Crippen LogP contribution in [0.25, 0.3) is 6.08 Å². The molecule has 2 rings (SSSR count). The van der Waals surface area contributed by atoms with Crippen molar-refractivity contribution in [1.82, 2.24) is 10.2 Å². The molecule has 0 atom stereocenters. The van der Waals surface area contributed by atoms with Crippen molar-refractivity contribution in [1.29, 1.82) is 0 Å². The van der Waals surface area contributed by atoms with E-state index in [-0.39, 0.29) is 5.70 Å². The lowest BCUT2D eigenvalue weighted by atomic mass is 10.1. The highest BCUT2D eigenvalue weighted by atomic mass is 16.5. The number of nitrogens with zero attached hydrogens (tertiary/aromatic N) is 1. The highest BCUT2D eigenvalue weighted by molar-refractivity contribution is 6.15. The van der Waals surface area contributed by atoms with Crippen molar-refractivity contribution < 1.29 is 28.6 Å². The van der Waals surface area contributed by atoms with Crippen molar-refractivity contribution >= 4 is 24.0 Å². The molecule has 0 aliphatic carbocycles. The van der Waals surface area contributed by atoms with Gasteiger partial charge in [-0.1, -0.05) is 6.07 Å². The Morgan fingerprint density at radius 2 is 2.00 bits per heavy atom. The van der Waals surface area contributed by atoms with E-state index in [1.807, 2.05) is 6.92 Å². The van der Waals surface area contributed by atoms with Crippen LogP contribution in [0, 0.1) is 0 Å². The number of carbonyl (C=O) groups excluding carboxylic acids is 3. The minimum atomic E-state index is -0.678. The minimum Gasteiger partial charge on any atom is -0.493 e. The van der Waals surface area contributed by atoms with E-state index in [1.165, 1.54) is 20.3 Å². The molecular formula is C16H18N2O6. The molecule has 1 aromatic rings. The molecule has 1 aliphatic heterocycles. The largest absolute Gasteiger partial charge is 0.493 e. The number of hydrogen-bond donors (Lipinski definition) is 1. The maximum absolute atomic E-state index is 12.2. The summed E-state index contributed by atoms with van der Waals surface area (Å²) in [5.74, 6) is -0.189. The predicted molar refractivity (Wildman–Crippen MR) is 84.4 cm³/mol. The number of carbonyl (C=O) groups is 3. The number of nitrogens with one attached hydrogen (secondary N) is 1. The van der Waals surface area contributed by atoms with Crippen molar-refractivity contribution in [3.05, 3.63) is 29.5 Å². The summed E-state index contributed by atoms with van der Waals surface area (Å²) in [5, 5.41) is 2.43. The maximum Gasteiger partial charge on any atom is 0.329 e. The summed E-state index contributed by atoms with van der Waals surface area (Å²) < 4.78 is 15.1. The van der Waals surface area contributed by atoms with Gasteiger partial charge in [-0.2, -0.15) is 0 Å². The topological polar surface area (TPSA) is 94.2 Å². The van der Waals surface area contributed by atoms with Crippen molar-refractivity contribution in [3.8, 4) is 11.5 Å². The molecule has 0 unspecified atom stereocenters. The third-order valence-electron chi connectivity index (χ3n) is 3.28. The molecule has 0 bridgehead atoms. The number of ether oxygens (including phenoxy) is 3. The van der Waals surface area contributed by atoms with E-state index in [0.29, 0.717) is 23.7 Å². The number of urea groups is 1. The van der Waals surface area contributed by atoms with Gasteiger partial charge in [-0.3, -0.25) is 9.59 Å². The Bertz CT molecular complexity index is 698. The summed E-state index contributed by atoms with van der Waals surface area (Å²) in [6, 6.07) is 4.44. The van der Waals surface area contributed by atoms with E-state index >= 15 is 0 Å². The number of amides is 3. The van der Waals surface area contributed by atoms with Gasteiger partial charge >= 0.3 is 12.0 Å². The normalized spacial score (nSPS) is 15.5. The van der Waals surface area contributed by atoms with Crippen LogP contribution in [0.1, 0.15) is 12.5 Å². The van der Waals surface area contributed by atoms with Crippen LogP contribution >= 0.6 is 0 Å². The van der Waals surface area contributed by atoms with Gasteiger partial charge in [-0.25, -0.2) is 9.69 Å². The first kappa shape index (κ1) is 17.3. The van der Waals surface area contributed by atoms with Gasteiger partial charge in [-0.15, -0.1) is 0 Å². The molecule has 24 heavy (non-hydrogen) atoms. The fourth-order valence-corrected chi connectivity index (χ4v) is 2.12. The second kappa shape index (κ2) is 7.49. The van der Waals surface area contributed by atoms with Crippen molar-refractivity contribution in [3.63, 3.8) is 0 Å². The minimum absolute atomic E-state index is 0.0649. The Balaban J connectivity index is 2.24. The third kappa shape index (κ3) is 3.65. The number of rotatable bonds is 6. The van der Waals surface area contributed by atoms with Crippen molar-refractivity contribution in [2.24, 2.45) is 0 Å². The lowest BCUT2D eigenvalue weighted by molar-refractivity contribution is -0.143. The van der Waals surface area contributed by atoms with Crippen LogP contribution in [0.5, 0.6) is 11.5 Å². The Kier molecular flexibility index (Phi) is 5.41. The molecule has 0 spiro atoms. The van der Waals surface area contributed by atoms with E-state index in [1.54, 1.807) is 18.2 Å². The smallest absolute Gasteiger partial charge is 0.329 e. The van der Waals surface area contributed by atoms with E-state index in [4.69, 9.17) is 9.47 Å². The average Bonchev–Trinajstić information content (AvgIpc) is 2.83. The molecule has 1 saturated heterocycles. The van der Waals surface area contributed by atoms with Crippen LogP contribution in [0.15, 0.2) is 23.9 Å². The van der Waals surface area contributed by atoms with Gasteiger partial charge in [0.15, 0.2) is 11.5 Å². The zero-order valence-corrected chi connectivity index (χ0v) is 13.6. The molecule has 8 heteroatoms. The molecule has 1 heterocycles. The van der Waals surface area contributed by atoms with Crippen molar-refractivity contribution in [2.75, 3.05) is 27.4 Å². The summed E-state index contributed by atoms with van der Waals surface area (Å²) in [6.45, 7) is 1.91. The first-order valence-corrected chi connectivity index (χ1v) is 7.22. The molecule has 0 aromatic heterocycles. The van der Waals surface area contributed by atoms with Crippen LogP contribution in [0.4, 0.5) is 4.79 Å².